The first-order chi connectivity index (χ1) is 13.8. The fraction of sp³-hybridized carbons (Fsp3) is 0.545. The molecule has 2 fully saturated rings. The number of nitrogens with one attached hydrogen (secondary N) is 1. The van der Waals surface area contributed by atoms with Crippen molar-refractivity contribution in [1.82, 2.24) is 14.9 Å². The van der Waals surface area contributed by atoms with Gasteiger partial charge in [-0.25, -0.2) is 4.98 Å². The van der Waals surface area contributed by atoms with E-state index in [0.717, 1.165) is 57.7 Å². The predicted octanol–water partition coefficient (Wildman–Crippen LogP) is 3.26. The molecule has 6 heteroatoms. The number of piperidine rings is 1. The van der Waals surface area contributed by atoms with E-state index in [2.05, 4.69) is 51.3 Å². The molecule has 0 saturated carbocycles. The normalized spacial score (nSPS) is 19.4. The SMILES string of the molecule is Cc1ccc(C(CNc2ccnc(N3CCCCC3)n2)N2CCOCC2)cc1. The Labute approximate surface area is 167 Å². The molecule has 2 aliphatic heterocycles. The number of nitrogens with zero attached hydrogens (tertiary/aromatic N) is 4. The number of aryl methyl sites for hydroxylation is 1. The van der Waals surface area contributed by atoms with E-state index in [-0.39, 0.29) is 0 Å². The van der Waals surface area contributed by atoms with Gasteiger partial charge in [0.1, 0.15) is 5.82 Å². The molecule has 4 rings (SSSR count). The van der Waals surface area contributed by atoms with Crippen LogP contribution in [0.3, 0.4) is 0 Å². The highest BCUT2D eigenvalue weighted by molar-refractivity contribution is 5.42. The van der Waals surface area contributed by atoms with Gasteiger partial charge in [0, 0.05) is 38.9 Å². The molecule has 1 aromatic heterocycles. The zero-order valence-electron chi connectivity index (χ0n) is 16.8. The van der Waals surface area contributed by atoms with Crippen LogP contribution in [-0.2, 0) is 4.74 Å². The highest BCUT2D eigenvalue weighted by Crippen LogP contribution is 2.24. The lowest BCUT2D eigenvalue weighted by molar-refractivity contribution is 0.0187. The van der Waals surface area contributed by atoms with Gasteiger partial charge >= 0.3 is 0 Å². The van der Waals surface area contributed by atoms with Crippen molar-refractivity contribution < 1.29 is 4.74 Å². The molecule has 3 heterocycles. The fourth-order valence-electron chi connectivity index (χ4n) is 4.03. The number of ether oxygens (including phenoxy) is 1. The minimum atomic E-state index is 0.304. The lowest BCUT2D eigenvalue weighted by atomic mass is 10.0. The molecule has 1 unspecified atom stereocenters. The summed E-state index contributed by atoms with van der Waals surface area (Å²) in [7, 11) is 0. The van der Waals surface area contributed by atoms with E-state index in [1.54, 1.807) is 0 Å². The monoisotopic (exact) mass is 381 g/mol. The predicted molar refractivity (Wildman–Crippen MR) is 113 cm³/mol. The minimum absolute atomic E-state index is 0.304. The summed E-state index contributed by atoms with van der Waals surface area (Å²) in [6.45, 7) is 8.59. The largest absolute Gasteiger partial charge is 0.379 e. The Morgan fingerprint density at radius 1 is 1.00 bits per heavy atom. The summed E-state index contributed by atoms with van der Waals surface area (Å²) in [6.07, 6.45) is 5.64. The van der Waals surface area contributed by atoms with Crippen molar-refractivity contribution in [2.75, 3.05) is 56.2 Å². The lowest BCUT2D eigenvalue weighted by Crippen LogP contribution is -2.41. The van der Waals surface area contributed by atoms with Crippen LogP contribution in [-0.4, -0.2) is 60.8 Å². The number of hydrogen-bond acceptors (Lipinski definition) is 6. The highest BCUT2D eigenvalue weighted by atomic mass is 16.5. The molecule has 1 N–H and O–H groups in total. The third-order valence-electron chi connectivity index (χ3n) is 5.71. The zero-order valence-corrected chi connectivity index (χ0v) is 16.8. The molecule has 1 atom stereocenters. The van der Waals surface area contributed by atoms with Crippen molar-refractivity contribution in [1.29, 1.82) is 0 Å². The van der Waals surface area contributed by atoms with Gasteiger partial charge in [-0.15, -0.1) is 0 Å². The van der Waals surface area contributed by atoms with Crippen molar-refractivity contribution in [3.63, 3.8) is 0 Å². The third-order valence-corrected chi connectivity index (χ3v) is 5.71. The van der Waals surface area contributed by atoms with Crippen molar-refractivity contribution in [2.45, 2.75) is 32.2 Å². The summed E-state index contributed by atoms with van der Waals surface area (Å²) >= 11 is 0. The van der Waals surface area contributed by atoms with Crippen LogP contribution >= 0.6 is 0 Å². The van der Waals surface area contributed by atoms with E-state index in [9.17, 15) is 0 Å². The van der Waals surface area contributed by atoms with Gasteiger partial charge in [0.25, 0.3) is 0 Å². The van der Waals surface area contributed by atoms with Crippen LogP contribution in [0.5, 0.6) is 0 Å². The van der Waals surface area contributed by atoms with Crippen LogP contribution in [0.1, 0.15) is 36.4 Å². The van der Waals surface area contributed by atoms with Gasteiger partial charge < -0.3 is 15.0 Å². The summed E-state index contributed by atoms with van der Waals surface area (Å²) in [5, 5.41) is 3.57. The van der Waals surface area contributed by atoms with Crippen molar-refractivity contribution >= 4 is 11.8 Å². The maximum Gasteiger partial charge on any atom is 0.227 e. The van der Waals surface area contributed by atoms with Crippen LogP contribution in [0.2, 0.25) is 0 Å². The Morgan fingerprint density at radius 2 is 1.75 bits per heavy atom. The van der Waals surface area contributed by atoms with E-state index in [4.69, 9.17) is 9.72 Å². The molecule has 28 heavy (non-hydrogen) atoms. The molecule has 2 aliphatic rings. The summed E-state index contributed by atoms with van der Waals surface area (Å²) < 4.78 is 5.56. The highest BCUT2D eigenvalue weighted by Gasteiger charge is 2.23. The van der Waals surface area contributed by atoms with Crippen LogP contribution in [0, 0.1) is 6.92 Å². The number of rotatable bonds is 6. The number of hydrogen-bond donors (Lipinski definition) is 1. The third kappa shape index (κ3) is 4.80. The first-order valence-electron chi connectivity index (χ1n) is 10.5. The van der Waals surface area contributed by atoms with Gasteiger partial charge in [-0.1, -0.05) is 29.8 Å². The molecule has 0 bridgehead atoms. The molecule has 2 aromatic rings. The summed E-state index contributed by atoms with van der Waals surface area (Å²) in [4.78, 5) is 14.1. The van der Waals surface area contributed by atoms with E-state index >= 15 is 0 Å². The molecule has 0 aliphatic carbocycles. The second kappa shape index (κ2) is 9.34. The Hall–Kier alpha value is -2.18. The van der Waals surface area contributed by atoms with Crippen molar-refractivity contribution in [3.05, 3.63) is 47.7 Å². The minimum Gasteiger partial charge on any atom is -0.379 e. The van der Waals surface area contributed by atoms with Gasteiger partial charge in [-0.2, -0.15) is 4.98 Å². The molecular weight excluding hydrogens is 350 g/mol. The second-order valence-corrected chi connectivity index (χ2v) is 7.75. The average molecular weight is 382 g/mol. The van der Waals surface area contributed by atoms with Crippen molar-refractivity contribution in [3.8, 4) is 0 Å². The van der Waals surface area contributed by atoms with Gasteiger partial charge in [0.15, 0.2) is 0 Å². The topological polar surface area (TPSA) is 53.5 Å². The Morgan fingerprint density at radius 3 is 2.50 bits per heavy atom. The molecule has 6 nitrogen and oxygen atoms in total. The number of morpholine rings is 1. The summed E-state index contributed by atoms with van der Waals surface area (Å²) in [6, 6.07) is 11.2. The van der Waals surface area contributed by atoms with E-state index in [1.165, 1.54) is 30.4 Å². The summed E-state index contributed by atoms with van der Waals surface area (Å²) in [5.74, 6) is 1.75. The molecule has 0 amide bonds. The second-order valence-electron chi connectivity index (χ2n) is 7.75. The van der Waals surface area contributed by atoms with Gasteiger partial charge in [0.05, 0.1) is 19.3 Å². The molecule has 150 valence electrons. The van der Waals surface area contributed by atoms with Crippen LogP contribution in [0.15, 0.2) is 36.5 Å². The maximum absolute atomic E-state index is 5.56. The zero-order chi connectivity index (χ0) is 19.2. The molecule has 2 saturated heterocycles. The average Bonchev–Trinajstić information content (AvgIpc) is 2.77. The van der Waals surface area contributed by atoms with E-state index in [1.807, 2.05) is 12.3 Å². The molecule has 0 spiro atoms. The number of benzene rings is 1. The summed E-state index contributed by atoms with van der Waals surface area (Å²) in [5.41, 5.74) is 2.63. The van der Waals surface area contributed by atoms with Gasteiger partial charge in [0.2, 0.25) is 5.95 Å². The van der Waals surface area contributed by atoms with Crippen LogP contribution in [0.25, 0.3) is 0 Å². The molecular formula is C22H31N5O. The first-order valence-corrected chi connectivity index (χ1v) is 10.5. The standard InChI is InChI=1S/C22H31N5O/c1-18-5-7-19(8-6-18)20(26-13-15-28-16-14-26)17-24-21-9-10-23-22(25-21)27-11-3-2-4-12-27/h5-10,20H,2-4,11-17H2,1H3,(H,23,24,25). The Balaban J connectivity index is 1.47. The quantitative estimate of drug-likeness (QED) is 0.829. The van der Waals surface area contributed by atoms with E-state index in [0.29, 0.717) is 6.04 Å². The smallest absolute Gasteiger partial charge is 0.227 e. The number of aromatic nitrogens is 2. The number of anilines is 2. The Kier molecular flexibility index (Phi) is 6.39. The van der Waals surface area contributed by atoms with Gasteiger partial charge in [-0.3, -0.25) is 4.90 Å². The van der Waals surface area contributed by atoms with Crippen LogP contribution in [0.4, 0.5) is 11.8 Å². The van der Waals surface area contributed by atoms with E-state index < -0.39 is 0 Å². The van der Waals surface area contributed by atoms with Gasteiger partial charge in [-0.05, 0) is 37.8 Å². The Bertz CT molecular complexity index is 739. The van der Waals surface area contributed by atoms with Crippen LogP contribution < -0.4 is 10.2 Å². The first kappa shape index (κ1) is 19.2. The fourth-order valence-corrected chi connectivity index (χ4v) is 4.03. The molecule has 0 radical (unpaired) electrons. The maximum atomic E-state index is 5.56. The lowest BCUT2D eigenvalue weighted by Gasteiger charge is -2.35. The van der Waals surface area contributed by atoms with Crippen molar-refractivity contribution in [2.24, 2.45) is 0 Å². The molecule has 1 aromatic carbocycles.